The molecule has 2 N–H and O–H groups in total. The van der Waals surface area contributed by atoms with E-state index in [2.05, 4.69) is 68.8 Å². The molecule has 0 aromatic carbocycles. The Morgan fingerprint density at radius 2 is 1.46 bits per heavy atom. The molecule has 0 spiro atoms. The largest absolute Gasteiger partial charge is 1.00 e. The van der Waals surface area contributed by atoms with Gasteiger partial charge in [0.1, 0.15) is 5.69 Å². The molecule has 3 aromatic heterocycles. The van der Waals surface area contributed by atoms with Crippen molar-refractivity contribution in [1.29, 1.82) is 0 Å². The average Bonchev–Trinajstić information content (AvgIpc) is 3.85. The molecule has 3 unspecified atom stereocenters. The summed E-state index contributed by atoms with van der Waals surface area (Å²) in [5, 5.41) is 22.4. The van der Waals surface area contributed by atoms with E-state index in [9.17, 15) is 19.2 Å². The van der Waals surface area contributed by atoms with Crippen LogP contribution >= 0.6 is 31.9 Å². The SMILES string of the molecule is C.C.C.CC(Br)CCBr.CCOC(=O)c1cc(=O)[nH][nH]1.CCOC(=O)c1cc2n(n1)C(C)CCO2.CCOC(=O)c1cc2n(n1)CCC(C)O2.O=CO[O-].[H-].[K+].[K+]. The molecule has 3 aromatic rings. The van der Waals surface area contributed by atoms with E-state index in [0.717, 1.165) is 30.8 Å². The summed E-state index contributed by atoms with van der Waals surface area (Å²) in [6.45, 7) is 13.7. The van der Waals surface area contributed by atoms with Crippen LogP contribution in [0.15, 0.2) is 23.0 Å². The van der Waals surface area contributed by atoms with Crippen LogP contribution in [0.5, 0.6) is 11.8 Å². The minimum Gasteiger partial charge on any atom is -1.00 e. The zero-order valence-corrected chi connectivity index (χ0v) is 40.8. The van der Waals surface area contributed by atoms with Crippen molar-refractivity contribution in [3.05, 3.63) is 45.6 Å². The Labute approximate surface area is 433 Å². The van der Waals surface area contributed by atoms with Crippen molar-refractivity contribution in [1.82, 2.24) is 29.8 Å². The third-order valence-corrected chi connectivity index (χ3v) is 7.24. The van der Waals surface area contributed by atoms with Gasteiger partial charge in [-0.25, -0.2) is 23.7 Å². The molecule has 0 fully saturated rings. The van der Waals surface area contributed by atoms with E-state index in [4.69, 9.17) is 29.0 Å². The predicted octanol–water partition coefficient (Wildman–Crippen LogP) is -0.468. The average molecular weight is 981 g/mol. The Morgan fingerprint density at radius 3 is 1.89 bits per heavy atom. The normalized spacial score (nSPS) is 14.1. The van der Waals surface area contributed by atoms with Gasteiger partial charge in [0.25, 0.3) is 12.0 Å². The molecule has 312 valence electrons. The summed E-state index contributed by atoms with van der Waals surface area (Å²) in [5.74, 6) is -0.00897. The summed E-state index contributed by atoms with van der Waals surface area (Å²) in [7, 11) is 0. The number of H-pyrrole nitrogens is 2. The van der Waals surface area contributed by atoms with Crippen LogP contribution in [0, 0.1) is 0 Å². The minimum absolute atomic E-state index is 0. The Kier molecular flexibility index (Phi) is 42.6. The Morgan fingerprint density at radius 1 is 0.946 bits per heavy atom. The van der Waals surface area contributed by atoms with Crippen molar-refractivity contribution >= 4 is 56.2 Å². The second kappa shape index (κ2) is 37.1. The van der Waals surface area contributed by atoms with E-state index >= 15 is 0 Å². The maximum Gasteiger partial charge on any atom is 1.00 e. The number of carbonyl (C=O) groups excluding carboxylic acids is 4. The van der Waals surface area contributed by atoms with Crippen molar-refractivity contribution in [2.75, 3.05) is 31.8 Å². The van der Waals surface area contributed by atoms with Crippen molar-refractivity contribution in [2.24, 2.45) is 0 Å². The van der Waals surface area contributed by atoms with Gasteiger partial charge >= 0.3 is 121 Å². The number of nitrogens with one attached hydrogen (secondary N) is 2. The number of ether oxygens (including phenoxy) is 5. The van der Waals surface area contributed by atoms with E-state index in [1.165, 1.54) is 6.42 Å². The van der Waals surface area contributed by atoms with Crippen LogP contribution < -0.4 is 123 Å². The number of aromatic amines is 2. The van der Waals surface area contributed by atoms with Gasteiger partial charge in [0.15, 0.2) is 11.4 Å². The molecule has 0 saturated heterocycles. The summed E-state index contributed by atoms with van der Waals surface area (Å²) < 4.78 is 28.7. The molecular weight excluding hydrogens is 922 g/mol. The second-order valence-corrected chi connectivity index (χ2v) is 12.7. The monoisotopic (exact) mass is 978 g/mol. The Bertz CT molecular complexity index is 1560. The summed E-state index contributed by atoms with van der Waals surface area (Å²) in [4.78, 5) is 56.1. The molecule has 2 aliphatic rings. The molecule has 5 rings (SSSR count). The number of fused-ring (bicyclic) bond motifs is 2. The fraction of sp³-hybridized carbons (Fsp3) is 0.618. The molecule has 0 radical (unpaired) electrons. The van der Waals surface area contributed by atoms with Crippen LogP contribution in [0.4, 0.5) is 0 Å². The molecule has 2 aliphatic heterocycles. The zero-order valence-electron chi connectivity index (χ0n) is 32.3. The van der Waals surface area contributed by atoms with E-state index in [0.29, 0.717) is 54.4 Å². The minimum atomic E-state index is -0.522. The summed E-state index contributed by atoms with van der Waals surface area (Å²) in [6, 6.07) is 4.69. The van der Waals surface area contributed by atoms with Crippen LogP contribution in [-0.4, -0.2) is 96.8 Å². The summed E-state index contributed by atoms with van der Waals surface area (Å²) >= 11 is 6.72. The summed E-state index contributed by atoms with van der Waals surface area (Å²) in [5.41, 5.74) is 0.450. The fourth-order valence-electron chi connectivity index (χ4n) is 3.89. The van der Waals surface area contributed by atoms with E-state index < -0.39 is 17.9 Å². The first kappa shape index (κ1) is 64.3. The van der Waals surface area contributed by atoms with Gasteiger partial charge in [0, 0.05) is 47.7 Å². The number of aryl methyl sites for hydroxylation is 1. The third-order valence-electron chi connectivity index (χ3n) is 6.32. The van der Waals surface area contributed by atoms with Crippen LogP contribution in [0.25, 0.3) is 0 Å². The third kappa shape index (κ3) is 24.9. The number of alkyl halides is 2. The Balaban J connectivity index is -0.000000147. The van der Waals surface area contributed by atoms with Gasteiger partial charge in [-0.15, -0.1) is 0 Å². The smallest absolute Gasteiger partial charge is 1.00 e. The van der Waals surface area contributed by atoms with Crippen molar-refractivity contribution in [2.45, 2.75) is 107 Å². The molecule has 0 amide bonds. The number of halogens is 2. The molecule has 22 heteroatoms. The fourth-order valence-corrected chi connectivity index (χ4v) is 5.42. The predicted molar refractivity (Wildman–Crippen MR) is 209 cm³/mol. The number of hydrogen-bond donors (Lipinski definition) is 2. The van der Waals surface area contributed by atoms with Gasteiger partial charge in [0.2, 0.25) is 11.8 Å². The van der Waals surface area contributed by atoms with Crippen LogP contribution in [0.1, 0.15) is 122 Å². The van der Waals surface area contributed by atoms with Gasteiger partial charge in [0.05, 0.1) is 38.6 Å². The Hall–Kier alpha value is -0.897. The van der Waals surface area contributed by atoms with Crippen LogP contribution in [-0.2, 0) is 30.4 Å². The number of nitrogens with zero attached hydrogens (tertiary/aromatic N) is 4. The molecule has 0 aliphatic carbocycles. The maximum absolute atomic E-state index is 11.4. The van der Waals surface area contributed by atoms with Gasteiger partial charge in [-0.3, -0.25) is 19.8 Å². The second-order valence-electron chi connectivity index (χ2n) is 10.4. The molecule has 0 saturated carbocycles. The molecule has 18 nitrogen and oxygen atoms in total. The number of rotatable bonds is 9. The van der Waals surface area contributed by atoms with Gasteiger partial charge in [-0.05, 0) is 41.0 Å². The number of aromatic nitrogens is 6. The van der Waals surface area contributed by atoms with Gasteiger partial charge in [-0.2, -0.15) is 10.2 Å². The number of hydrogen-bond acceptors (Lipinski definition) is 14. The zero-order chi connectivity index (χ0) is 38.3. The molecule has 5 heterocycles. The molecular formula is C34H58Br2K2N6O12. The van der Waals surface area contributed by atoms with Crippen LogP contribution in [0.2, 0.25) is 0 Å². The molecule has 0 bridgehead atoms. The number of carbonyl (C=O) groups is 4. The van der Waals surface area contributed by atoms with Crippen molar-refractivity contribution < 1.29 is 157 Å². The first-order valence-electron chi connectivity index (χ1n) is 16.0. The number of esters is 3. The topological polar surface area (TPSA) is 231 Å². The van der Waals surface area contributed by atoms with Crippen molar-refractivity contribution in [3.63, 3.8) is 0 Å². The van der Waals surface area contributed by atoms with E-state index in [1.807, 2.05) is 13.8 Å². The first-order valence-corrected chi connectivity index (χ1v) is 18.1. The quantitative estimate of drug-likeness (QED) is 0.0526. The van der Waals surface area contributed by atoms with Crippen LogP contribution in [0.3, 0.4) is 0 Å². The van der Waals surface area contributed by atoms with Crippen molar-refractivity contribution in [3.8, 4) is 11.8 Å². The van der Waals surface area contributed by atoms with E-state index in [-0.39, 0.29) is 156 Å². The maximum atomic E-state index is 11.4. The van der Waals surface area contributed by atoms with E-state index in [1.54, 1.807) is 42.3 Å². The molecule has 56 heavy (non-hydrogen) atoms. The van der Waals surface area contributed by atoms with Gasteiger partial charge in [-0.1, -0.05) is 61.1 Å². The molecule has 3 atom stereocenters. The summed E-state index contributed by atoms with van der Waals surface area (Å²) in [6.07, 6.45) is 3.22. The standard InChI is InChI=1S/2C10H14N2O3.C6H8N2O3.C4H8Br2.CH2O3.3CH4.2K.H/c1-3-14-10(13)8-6-9-12(11-8)7(2)4-5-15-9;1-3-14-10(13)8-6-9-12(11-8)5-4-7(2)15-9;1-2-11-6(10)4-3-5(9)8-7-4;1-4(6)2-3-5;2-1-4-3;;;;;;/h2*6-7H,3-5H2,1-2H3;3H,2H2,1H3,(H2,7,8,9);4H,2-3H2,1H3;1,3H;3*1H4;;;/q;;;;;;;;2*+1;-1/p-1. The van der Waals surface area contributed by atoms with Gasteiger partial charge < -0.3 is 35.3 Å². The first-order chi connectivity index (χ1) is 24.3.